The van der Waals surface area contributed by atoms with Gasteiger partial charge in [0.2, 0.25) is 5.91 Å². The zero-order valence-electron chi connectivity index (χ0n) is 9.00. The van der Waals surface area contributed by atoms with Gasteiger partial charge < -0.3 is 20.5 Å². The third-order valence-electron chi connectivity index (χ3n) is 2.41. The molecular weight excluding hydrogens is 196 g/mol. The molecule has 0 aliphatic carbocycles. The van der Waals surface area contributed by atoms with Crippen molar-refractivity contribution in [2.75, 3.05) is 32.9 Å². The third kappa shape index (κ3) is 5.11. The summed E-state index contributed by atoms with van der Waals surface area (Å²) in [5.41, 5.74) is 0. The standard InChI is InChI=1S/C10H20N2O3/c13-6-8-15-7-5-12-10(14)9-3-1-2-4-11-9/h9,11,13H,1-8H2,(H,12,14). The largest absolute Gasteiger partial charge is 0.394 e. The average molecular weight is 216 g/mol. The number of ether oxygens (including phenoxy) is 1. The van der Waals surface area contributed by atoms with Gasteiger partial charge in [-0.1, -0.05) is 6.42 Å². The van der Waals surface area contributed by atoms with Crippen molar-refractivity contribution < 1.29 is 14.6 Å². The summed E-state index contributed by atoms with van der Waals surface area (Å²) < 4.78 is 5.04. The van der Waals surface area contributed by atoms with Crippen LogP contribution < -0.4 is 10.6 Å². The predicted octanol–water partition coefficient (Wildman–Crippen LogP) is -0.746. The van der Waals surface area contributed by atoms with Gasteiger partial charge in [0.15, 0.2) is 0 Å². The van der Waals surface area contributed by atoms with Gasteiger partial charge >= 0.3 is 0 Å². The maximum Gasteiger partial charge on any atom is 0.237 e. The molecule has 1 fully saturated rings. The van der Waals surface area contributed by atoms with Gasteiger partial charge in [0.1, 0.15) is 0 Å². The molecule has 0 aromatic rings. The van der Waals surface area contributed by atoms with Gasteiger partial charge in [0.05, 0.1) is 25.9 Å². The highest BCUT2D eigenvalue weighted by Crippen LogP contribution is 2.06. The summed E-state index contributed by atoms with van der Waals surface area (Å²) in [6.45, 7) is 2.25. The number of hydrogen-bond acceptors (Lipinski definition) is 4. The third-order valence-corrected chi connectivity index (χ3v) is 2.41. The lowest BCUT2D eigenvalue weighted by atomic mass is 10.0. The van der Waals surface area contributed by atoms with E-state index in [1.165, 1.54) is 0 Å². The Bertz CT molecular complexity index is 182. The van der Waals surface area contributed by atoms with E-state index in [-0.39, 0.29) is 18.6 Å². The fourth-order valence-electron chi connectivity index (χ4n) is 1.61. The fraction of sp³-hybridized carbons (Fsp3) is 0.900. The van der Waals surface area contributed by atoms with Gasteiger partial charge in [0.25, 0.3) is 0 Å². The molecule has 0 aromatic carbocycles. The second-order valence-corrected chi connectivity index (χ2v) is 3.63. The van der Waals surface area contributed by atoms with Crippen molar-refractivity contribution in [1.82, 2.24) is 10.6 Å². The summed E-state index contributed by atoms with van der Waals surface area (Å²) in [6.07, 6.45) is 3.19. The molecule has 5 nitrogen and oxygen atoms in total. The Hall–Kier alpha value is -0.650. The second kappa shape index (κ2) is 7.62. The topological polar surface area (TPSA) is 70.6 Å². The highest BCUT2D eigenvalue weighted by atomic mass is 16.5. The van der Waals surface area contributed by atoms with Gasteiger partial charge in [-0.15, -0.1) is 0 Å². The molecule has 1 unspecified atom stereocenters. The van der Waals surface area contributed by atoms with Crippen molar-refractivity contribution >= 4 is 5.91 Å². The molecule has 3 N–H and O–H groups in total. The smallest absolute Gasteiger partial charge is 0.237 e. The number of aliphatic hydroxyl groups is 1. The summed E-state index contributed by atoms with van der Waals surface area (Å²) in [5.74, 6) is 0.0577. The summed E-state index contributed by atoms with van der Waals surface area (Å²) in [7, 11) is 0. The Balaban J connectivity index is 2.02. The van der Waals surface area contributed by atoms with E-state index in [0.717, 1.165) is 25.8 Å². The van der Waals surface area contributed by atoms with Gasteiger partial charge in [0, 0.05) is 6.54 Å². The Morgan fingerprint density at radius 3 is 3.00 bits per heavy atom. The molecule has 88 valence electrons. The number of rotatable bonds is 6. The van der Waals surface area contributed by atoms with E-state index >= 15 is 0 Å². The zero-order valence-corrected chi connectivity index (χ0v) is 9.00. The average Bonchev–Trinajstić information content (AvgIpc) is 2.30. The number of nitrogens with one attached hydrogen (secondary N) is 2. The van der Waals surface area contributed by atoms with Crippen LogP contribution in [0.3, 0.4) is 0 Å². The molecule has 1 heterocycles. The molecule has 1 rings (SSSR count). The van der Waals surface area contributed by atoms with Crippen LogP contribution in [0.2, 0.25) is 0 Å². The van der Waals surface area contributed by atoms with Gasteiger partial charge in [-0.25, -0.2) is 0 Å². The van der Waals surface area contributed by atoms with Crippen LogP contribution in [0, 0.1) is 0 Å². The Morgan fingerprint density at radius 2 is 2.33 bits per heavy atom. The number of carbonyl (C=O) groups excluding carboxylic acids is 1. The lowest BCUT2D eigenvalue weighted by Gasteiger charge is -2.22. The quantitative estimate of drug-likeness (QED) is 0.511. The van der Waals surface area contributed by atoms with E-state index in [4.69, 9.17) is 9.84 Å². The SMILES string of the molecule is O=C(NCCOCCO)C1CCCCN1. The van der Waals surface area contributed by atoms with E-state index in [0.29, 0.717) is 19.8 Å². The van der Waals surface area contributed by atoms with Crippen molar-refractivity contribution in [3.63, 3.8) is 0 Å². The van der Waals surface area contributed by atoms with Crippen molar-refractivity contribution in [2.45, 2.75) is 25.3 Å². The Morgan fingerprint density at radius 1 is 1.47 bits per heavy atom. The fourth-order valence-corrected chi connectivity index (χ4v) is 1.61. The molecule has 1 aliphatic rings. The second-order valence-electron chi connectivity index (χ2n) is 3.63. The van der Waals surface area contributed by atoms with Crippen molar-refractivity contribution in [3.8, 4) is 0 Å². The molecule has 0 aromatic heterocycles. The normalized spacial score (nSPS) is 21.3. The molecular formula is C10H20N2O3. The molecule has 1 saturated heterocycles. The number of amides is 1. The maximum absolute atomic E-state index is 11.6. The molecule has 1 aliphatic heterocycles. The summed E-state index contributed by atoms with van der Waals surface area (Å²) in [6, 6.07) is -0.0309. The molecule has 15 heavy (non-hydrogen) atoms. The maximum atomic E-state index is 11.6. The number of carbonyl (C=O) groups is 1. The van der Waals surface area contributed by atoms with Crippen LogP contribution in [-0.4, -0.2) is 50.0 Å². The first kappa shape index (κ1) is 12.4. The van der Waals surface area contributed by atoms with E-state index < -0.39 is 0 Å². The van der Waals surface area contributed by atoms with Crippen LogP contribution in [-0.2, 0) is 9.53 Å². The minimum atomic E-state index is -0.0309. The summed E-state index contributed by atoms with van der Waals surface area (Å²) in [4.78, 5) is 11.6. The molecule has 0 radical (unpaired) electrons. The van der Waals surface area contributed by atoms with Crippen LogP contribution in [0.15, 0.2) is 0 Å². The minimum Gasteiger partial charge on any atom is -0.394 e. The molecule has 1 atom stereocenters. The Kier molecular flexibility index (Phi) is 6.31. The van der Waals surface area contributed by atoms with Crippen LogP contribution in [0.25, 0.3) is 0 Å². The van der Waals surface area contributed by atoms with Crippen molar-refractivity contribution in [3.05, 3.63) is 0 Å². The lowest BCUT2D eigenvalue weighted by molar-refractivity contribution is -0.123. The van der Waals surface area contributed by atoms with Crippen LogP contribution in [0.5, 0.6) is 0 Å². The van der Waals surface area contributed by atoms with Crippen molar-refractivity contribution in [1.29, 1.82) is 0 Å². The first-order valence-electron chi connectivity index (χ1n) is 5.54. The first-order chi connectivity index (χ1) is 7.34. The predicted molar refractivity (Wildman–Crippen MR) is 56.6 cm³/mol. The molecule has 0 saturated carbocycles. The monoisotopic (exact) mass is 216 g/mol. The molecule has 0 spiro atoms. The van der Waals surface area contributed by atoms with E-state index in [9.17, 15) is 4.79 Å². The van der Waals surface area contributed by atoms with Crippen molar-refractivity contribution in [2.24, 2.45) is 0 Å². The van der Waals surface area contributed by atoms with Crippen LogP contribution >= 0.6 is 0 Å². The van der Waals surface area contributed by atoms with E-state index in [1.54, 1.807) is 0 Å². The van der Waals surface area contributed by atoms with Gasteiger partial charge in [-0.05, 0) is 19.4 Å². The van der Waals surface area contributed by atoms with Crippen LogP contribution in [0.1, 0.15) is 19.3 Å². The molecule has 1 amide bonds. The Labute approximate surface area is 90.2 Å². The number of piperidine rings is 1. The van der Waals surface area contributed by atoms with Gasteiger partial charge in [-0.2, -0.15) is 0 Å². The summed E-state index contributed by atoms with van der Waals surface area (Å²) in [5, 5.41) is 14.4. The minimum absolute atomic E-state index is 0.0259. The summed E-state index contributed by atoms with van der Waals surface area (Å²) >= 11 is 0. The highest BCUT2D eigenvalue weighted by Gasteiger charge is 2.19. The zero-order chi connectivity index (χ0) is 10.9. The number of aliphatic hydroxyl groups excluding tert-OH is 1. The molecule has 0 bridgehead atoms. The number of hydrogen-bond donors (Lipinski definition) is 3. The van der Waals surface area contributed by atoms with Crippen LogP contribution in [0.4, 0.5) is 0 Å². The van der Waals surface area contributed by atoms with E-state index in [1.807, 2.05) is 0 Å². The van der Waals surface area contributed by atoms with E-state index in [2.05, 4.69) is 10.6 Å². The lowest BCUT2D eigenvalue weighted by Crippen LogP contribution is -2.47. The highest BCUT2D eigenvalue weighted by molar-refractivity contribution is 5.81. The van der Waals surface area contributed by atoms with Gasteiger partial charge in [-0.3, -0.25) is 4.79 Å². The molecule has 5 heteroatoms. The first-order valence-corrected chi connectivity index (χ1v) is 5.54.